The smallest absolute Gasteiger partial charge is 0.242 e. The van der Waals surface area contributed by atoms with Gasteiger partial charge in [0.25, 0.3) is 0 Å². The first kappa shape index (κ1) is 18.6. The van der Waals surface area contributed by atoms with E-state index in [-0.39, 0.29) is 12.5 Å². The molecule has 3 aromatic carbocycles. The van der Waals surface area contributed by atoms with Crippen LogP contribution in [0.5, 0.6) is 5.75 Å². The zero-order valence-corrected chi connectivity index (χ0v) is 16.7. The summed E-state index contributed by atoms with van der Waals surface area (Å²) in [5, 5.41) is 2.19. The Bertz CT molecular complexity index is 1190. The molecule has 6 nitrogen and oxygen atoms in total. The minimum absolute atomic E-state index is 0.0767. The van der Waals surface area contributed by atoms with E-state index < -0.39 is 0 Å². The Balaban J connectivity index is 1.43. The molecule has 0 atom stereocenters. The van der Waals surface area contributed by atoms with E-state index in [1.807, 2.05) is 58.0 Å². The van der Waals surface area contributed by atoms with Gasteiger partial charge in [0.05, 0.1) is 24.2 Å². The highest BCUT2D eigenvalue weighted by Gasteiger charge is 2.20. The van der Waals surface area contributed by atoms with E-state index in [0.29, 0.717) is 32.9 Å². The molecule has 1 aromatic heterocycles. The van der Waals surface area contributed by atoms with Crippen molar-refractivity contribution in [2.45, 2.75) is 13.2 Å². The zero-order chi connectivity index (χ0) is 20.3. The van der Waals surface area contributed by atoms with Gasteiger partial charge in [-0.15, -0.1) is 0 Å². The lowest BCUT2D eigenvalue weighted by Crippen LogP contribution is -2.42. The summed E-state index contributed by atoms with van der Waals surface area (Å²) in [6.45, 7) is 2.98. The SMILES string of the molecule is O=C(Cn1c(COc2cccc3ccccc23)nc2ccccc21)N1CCOCC1. The van der Waals surface area contributed by atoms with Crippen LogP contribution in [0.25, 0.3) is 21.8 Å². The third kappa shape index (κ3) is 3.62. The molecule has 1 saturated heterocycles. The van der Waals surface area contributed by atoms with E-state index in [0.717, 1.165) is 33.4 Å². The molecular weight excluding hydrogens is 378 g/mol. The highest BCUT2D eigenvalue weighted by atomic mass is 16.5. The monoisotopic (exact) mass is 401 g/mol. The maximum absolute atomic E-state index is 12.9. The number of rotatable bonds is 5. The number of morpholine rings is 1. The average molecular weight is 401 g/mol. The van der Waals surface area contributed by atoms with Crippen LogP contribution in [-0.4, -0.2) is 46.7 Å². The van der Waals surface area contributed by atoms with Gasteiger partial charge in [-0.1, -0.05) is 48.5 Å². The predicted molar refractivity (Wildman–Crippen MR) is 115 cm³/mol. The van der Waals surface area contributed by atoms with Crippen molar-refractivity contribution in [3.05, 3.63) is 72.6 Å². The zero-order valence-electron chi connectivity index (χ0n) is 16.7. The van der Waals surface area contributed by atoms with Gasteiger partial charge in [0, 0.05) is 18.5 Å². The van der Waals surface area contributed by atoms with Crippen LogP contribution in [0.4, 0.5) is 0 Å². The third-order valence-electron chi connectivity index (χ3n) is 5.50. The van der Waals surface area contributed by atoms with Crippen LogP contribution in [-0.2, 0) is 22.7 Å². The minimum Gasteiger partial charge on any atom is -0.485 e. The Morgan fingerprint density at radius 1 is 0.967 bits per heavy atom. The molecule has 0 unspecified atom stereocenters. The largest absolute Gasteiger partial charge is 0.485 e. The normalized spacial score (nSPS) is 14.3. The lowest BCUT2D eigenvalue weighted by Gasteiger charge is -2.27. The highest BCUT2D eigenvalue weighted by molar-refractivity contribution is 5.88. The molecule has 30 heavy (non-hydrogen) atoms. The van der Waals surface area contributed by atoms with Crippen molar-refractivity contribution in [3.8, 4) is 5.75 Å². The van der Waals surface area contributed by atoms with E-state index in [9.17, 15) is 4.79 Å². The number of aromatic nitrogens is 2. The summed E-state index contributed by atoms with van der Waals surface area (Å²) >= 11 is 0. The molecule has 1 fully saturated rings. The fourth-order valence-electron chi connectivity index (χ4n) is 3.92. The van der Waals surface area contributed by atoms with Crippen LogP contribution in [0.1, 0.15) is 5.82 Å². The van der Waals surface area contributed by atoms with E-state index in [4.69, 9.17) is 14.5 Å². The van der Waals surface area contributed by atoms with Gasteiger partial charge < -0.3 is 18.9 Å². The fourth-order valence-corrected chi connectivity index (χ4v) is 3.92. The van der Waals surface area contributed by atoms with Crippen molar-refractivity contribution < 1.29 is 14.3 Å². The van der Waals surface area contributed by atoms with Crippen molar-refractivity contribution in [1.82, 2.24) is 14.5 Å². The molecule has 1 aliphatic rings. The maximum Gasteiger partial charge on any atom is 0.242 e. The van der Waals surface area contributed by atoms with Gasteiger partial charge >= 0.3 is 0 Å². The number of amides is 1. The summed E-state index contributed by atoms with van der Waals surface area (Å²) in [5.41, 5.74) is 1.81. The number of fused-ring (bicyclic) bond motifs is 2. The maximum atomic E-state index is 12.9. The Morgan fingerprint density at radius 3 is 2.63 bits per heavy atom. The first-order valence-corrected chi connectivity index (χ1v) is 10.2. The molecule has 2 heterocycles. The van der Waals surface area contributed by atoms with Crippen molar-refractivity contribution in [2.24, 2.45) is 0 Å². The number of carbonyl (C=O) groups is 1. The summed E-state index contributed by atoms with van der Waals surface area (Å²) in [5.74, 6) is 1.63. The van der Waals surface area contributed by atoms with Crippen LogP contribution in [0, 0.1) is 0 Å². The van der Waals surface area contributed by atoms with Gasteiger partial charge in [0.15, 0.2) is 0 Å². The Hall–Kier alpha value is -3.38. The quantitative estimate of drug-likeness (QED) is 0.513. The van der Waals surface area contributed by atoms with Gasteiger partial charge in [-0.05, 0) is 23.6 Å². The van der Waals surface area contributed by atoms with Gasteiger partial charge in [-0.3, -0.25) is 4.79 Å². The molecular formula is C24H23N3O3. The summed E-state index contributed by atoms with van der Waals surface area (Å²) < 4.78 is 13.5. The number of carbonyl (C=O) groups excluding carboxylic acids is 1. The molecule has 152 valence electrons. The second-order valence-corrected chi connectivity index (χ2v) is 7.36. The summed E-state index contributed by atoms with van der Waals surface area (Å²) in [7, 11) is 0. The van der Waals surface area contributed by atoms with Crippen molar-refractivity contribution in [2.75, 3.05) is 26.3 Å². The molecule has 0 bridgehead atoms. The lowest BCUT2D eigenvalue weighted by atomic mass is 10.1. The Morgan fingerprint density at radius 2 is 1.73 bits per heavy atom. The second kappa shape index (κ2) is 8.16. The molecule has 6 heteroatoms. The number of hydrogen-bond acceptors (Lipinski definition) is 4. The molecule has 1 amide bonds. The number of benzene rings is 3. The van der Waals surface area contributed by atoms with E-state index in [1.165, 1.54) is 0 Å². The van der Waals surface area contributed by atoms with E-state index in [1.54, 1.807) is 0 Å². The first-order valence-electron chi connectivity index (χ1n) is 10.2. The van der Waals surface area contributed by atoms with Crippen LogP contribution in [0.2, 0.25) is 0 Å². The van der Waals surface area contributed by atoms with Crippen molar-refractivity contribution in [3.63, 3.8) is 0 Å². The summed E-state index contributed by atoms with van der Waals surface area (Å²) in [4.78, 5) is 19.5. The molecule has 0 N–H and O–H groups in total. The molecule has 4 aromatic rings. The Kier molecular flexibility index (Phi) is 5.07. The Labute approximate surface area is 174 Å². The number of ether oxygens (including phenoxy) is 2. The van der Waals surface area contributed by atoms with Crippen LogP contribution >= 0.6 is 0 Å². The van der Waals surface area contributed by atoms with Crippen molar-refractivity contribution in [1.29, 1.82) is 0 Å². The van der Waals surface area contributed by atoms with Crippen LogP contribution in [0.3, 0.4) is 0 Å². The fraction of sp³-hybridized carbons (Fsp3) is 0.250. The minimum atomic E-state index is 0.0767. The van der Waals surface area contributed by atoms with Gasteiger partial charge in [0.1, 0.15) is 24.7 Å². The summed E-state index contributed by atoms with van der Waals surface area (Å²) in [6, 6.07) is 22.0. The number of para-hydroxylation sites is 2. The highest BCUT2D eigenvalue weighted by Crippen LogP contribution is 2.26. The molecule has 0 aliphatic carbocycles. The van der Waals surface area contributed by atoms with Crippen LogP contribution in [0.15, 0.2) is 66.7 Å². The van der Waals surface area contributed by atoms with E-state index >= 15 is 0 Å². The number of hydrogen-bond donors (Lipinski definition) is 0. The molecule has 1 aliphatic heterocycles. The number of imidazole rings is 1. The number of nitrogens with zero attached hydrogens (tertiary/aromatic N) is 3. The first-order chi connectivity index (χ1) is 14.8. The van der Waals surface area contributed by atoms with Gasteiger partial charge in [0.2, 0.25) is 5.91 Å². The molecule has 5 rings (SSSR count). The van der Waals surface area contributed by atoms with Gasteiger partial charge in [-0.2, -0.15) is 0 Å². The average Bonchev–Trinajstić information content (AvgIpc) is 3.15. The third-order valence-corrected chi connectivity index (χ3v) is 5.50. The van der Waals surface area contributed by atoms with Crippen molar-refractivity contribution >= 4 is 27.7 Å². The molecule has 0 spiro atoms. The standard InChI is InChI=1S/C24H23N3O3/c28-24(26-12-14-29-15-13-26)16-27-21-10-4-3-9-20(21)25-23(27)17-30-22-11-5-7-18-6-1-2-8-19(18)22/h1-11H,12-17H2. The summed E-state index contributed by atoms with van der Waals surface area (Å²) in [6.07, 6.45) is 0. The van der Waals surface area contributed by atoms with Gasteiger partial charge in [-0.25, -0.2) is 4.98 Å². The second-order valence-electron chi connectivity index (χ2n) is 7.36. The van der Waals surface area contributed by atoms with Crippen LogP contribution < -0.4 is 4.74 Å². The lowest BCUT2D eigenvalue weighted by molar-refractivity contribution is -0.135. The predicted octanol–water partition coefficient (Wildman–Crippen LogP) is 3.63. The molecule has 0 saturated carbocycles. The molecule has 0 radical (unpaired) electrons. The van der Waals surface area contributed by atoms with E-state index in [2.05, 4.69) is 18.2 Å². The topological polar surface area (TPSA) is 56.6 Å².